The van der Waals surface area contributed by atoms with Crippen molar-refractivity contribution in [3.8, 4) is 0 Å². The smallest absolute Gasteiger partial charge is 0.309 e. The highest BCUT2D eigenvalue weighted by atomic mass is 31.2. The summed E-state index contributed by atoms with van der Waals surface area (Å²) in [6.45, 7) is 4.71. The average molecular weight is 234 g/mol. The Morgan fingerprint density at radius 3 is 1.87 bits per heavy atom. The van der Waals surface area contributed by atoms with Crippen LogP contribution < -0.4 is 0 Å². The van der Waals surface area contributed by atoms with Crippen molar-refractivity contribution in [3.05, 3.63) is 0 Å². The van der Waals surface area contributed by atoms with Gasteiger partial charge >= 0.3 is 7.60 Å². The number of hydrogen-bond acceptors (Lipinski definition) is 3. The molecule has 0 bridgehead atoms. The van der Waals surface area contributed by atoms with Crippen molar-refractivity contribution in [2.45, 2.75) is 58.0 Å². The molecule has 15 heavy (non-hydrogen) atoms. The van der Waals surface area contributed by atoms with Crippen molar-refractivity contribution in [2.75, 3.05) is 13.2 Å². The van der Waals surface area contributed by atoms with Crippen LogP contribution in [0.3, 0.4) is 0 Å². The fraction of sp³-hybridized carbons (Fsp3) is 1.00. The Morgan fingerprint density at radius 2 is 1.47 bits per heavy atom. The second-order valence-electron chi connectivity index (χ2n) is 4.02. The predicted molar refractivity (Wildman–Crippen MR) is 62.3 cm³/mol. The molecule has 90 valence electrons. The molecule has 4 heteroatoms. The molecule has 1 rings (SSSR count). The molecule has 3 nitrogen and oxygen atoms in total. The van der Waals surface area contributed by atoms with Crippen molar-refractivity contribution in [1.82, 2.24) is 0 Å². The van der Waals surface area contributed by atoms with E-state index in [1.54, 1.807) is 0 Å². The fourth-order valence-electron chi connectivity index (χ4n) is 2.18. The molecule has 0 N–H and O–H groups in total. The third-order valence-corrected chi connectivity index (χ3v) is 5.54. The highest BCUT2D eigenvalue weighted by Crippen LogP contribution is 2.56. The van der Waals surface area contributed by atoms with Gasteiger partial charge in [0.2, 0.25) is 0 Å². The summed E-state index contributed by atoms with van der Waals surface area (Å²) in [7, 11) is -2.82. The van der Waals surface area contributed by atoms with E-state index in [1.807, 2.05) is 13.8 Å². The molecule has 0 aromatic carbocycles. The molecule has 1 aliphatic carbocycles. The van der Waals surface area contributed by atoms with E-state index in [2.05, 4.69) is 0 Å². The number of hydrogen-bond donors (Lipinski definition) is 0. The van der Waals surface area contributed by atoms with Crippen LogP contribution in [0.2, 0.25) is 0 Å². The Morgan fingerprint density at radius 1 is 1.00 bits per heavy atom. The topological polar surface area (TPSA) is 35.5 Å². The largest absolute Gasteiger partial charge is 0.333 e. The van der Waals surface area contributed by atoms with Crippen LogP contribution in [0.25, 0.3) is 0 Å². The molecule has 0 aliphatic heterocycles. The maximum atomic E-state index is 12.5. The normalized spacial score (nSPS) is 20.1. The lowest BCUT2D eigenvalue weighted by atomic mass is 10.2. The Bertz CT molecular complexity index is 200. The van der Waals surface area contributed by atoms with Crippen LogP contribution in [0.5, 0.6) is 0 Å². The van der Waals surface area contributed by atoms with Crippen LogP contribution in [0, 0.1) is 0 Å². The van der Waals surface area contributed by atoms with Gasteiger partial charge in [-0.15, -0.1) is 0 Å². The molecule has 1 aliphatic rings. The van der Waals surface area contributed by atoms with Gasteiger partial charge in [0.25, 0.3) is 0 Å². The van der Waals surface area contributed by atoms with Gasteiger partial charge in [0.05, 0.1) is 18.9 Å². The van der Waals surface area contributed by atoms with Gasteiger partial charge in [-0.1, -0.05) is 25.7 Å². The summed E-state index contributed by atoms with van der Waals surface area (Å²) in [6.07, 6.45) is 6.83. The molecule has 0 atom stereocenters. The zero-order valence-corrected chi connectivity index (χ0v) is 10.8. The summed E-state index contributed by atoms with van der Waals surface area (Å²) in [4.78, 5) is 0. The fourth-order valence-corrected chi connectivity index (χ4v) is 4.40. The quantitative estimate of drug-likeness (QED) is 0.533. The van der Waals surface area contributed by atoms with Crippen molar-refractivity contribution in [3.63, 3.8) is 0 Å². The zero-order valence-electron chi connectivity index (χ0n) is 9.91. The third-order valence-electron chi connectivity index (χ3n) is 2.89. The summed E-state index contributed by atoms with van der Waals surface area (Å²) in [5.74, 6) is 0. The molecular weight excluding hydrogens is 211 g/mol. The van der Waals surface area contributed by atoms with Gasteiger partial charge in [-0.2, -0.15) is 0 Å². The van der Waals surface area contributed by atoms with Crippen LogP contribution in [-0.4, -0.2) is 18.9 Å². The first-order valence-electron chi connectivity index (χ1n) is 6.11. The number of rotatable bonds is 5. The minimum atomic E-state index is -2.82. The zero-order chi connectivity index (χ0) is 11.1. The Balaban J connectivity index is 2.63. The van der Waals surface area contributed by atoms with Crippen molar-refractivity contribution < 1.29 is 13.6 Å². The van der Waals surface area contributed by atoms with E-state index >= 15 is 0 Å². The van der Waals surface area contributed by atoms with E-state index < -0.39 is 7.60 Å². The molecular formula is C11H23O3P. The van der Waals surface area contributed by atoms with Crippen molar-refractivity contribution >= 4 is 7.60 Å². The Labute approximate surface area is 93.1 Å². The molecule has 0 unspecified atom stereocenters. The molecule has 0 saturated heterocycles. The standard InChI is InChI=1S/C11H23O3P/c1-3-13-15(12,14-4-2)11-9-7-5-6-8-10-11/h11H,3-10H2,1-2H3. The molecule has 0 aromatic rings. The van der Waals surface area contributed by atoms with Gasteiger partial charge < -0.3 is 9.05 Å². The van der Waals surface area contributed by atoms with Gasteiger partial charge in [0, 0.05) is 0 Å². The highest BCUT2D eigenvalue weighted by Gasteiger charge is 2.35. The molecule has 0 radical (unpaired) electrons. The Kier molecular flexibility index (Phi) is 5.88. The van der Waals surface area contributed by atoms with Crippen molar-refractivity contribution in [2.24, 2.45) is 0 Å². The SMILES string of the molecule is CCOP(=O)(OCC)C1CCCCCC1. The van der Waals surface area contributed by atoms with E-state index in [9.17, 15) is 4.57 Å². The van der Waals surface area contributed by atoms with Crippen molar-refractivity contribution in [1.29, 1.82) is 0 Å². The molecule has 0 aromatic heterocycles. The Hall–Kier alpha value is 0.150. The lowest BCUT2D eigenvalue weighted by Gasteiger charge is -2.25. The van der Waals surface area contributed by atoms with E-state index in [-0.39, 0.29) is 5.66 Å². The van der Waals surface area contributed by atoms with E-state index in [1.165, 1.54) is 12.8 Å². The van der Waals surface area contributed by atoms with Gasteiger partial charge in [-0.25, -0.2) is 0 Å². The van der Waals surface area contributed by atoms with Gasteiger partial charge in [0.15, 0.2) is 0 Å². The molecule has 1 saturated carbocycles. The lowest BCUT2D eigenvalue weighted by Crippen LogP contribution is -2.12. The summed E-state index contributed by atoms with van der Waals surface area (Å²) < 4.78 is 23.3. The first kappa shape index (κ1) is 13.2. The molecule has 0 heterocycles. The predicted octanol–water partition coefficient (Wildman–Crippen LogP) is 3.98. The van der Waals surface area contributed by atoms with Gasteiger partial charge in [-0.05, 0) is 26.7 Å². The lowest BCUT2D eigenvalue weighted by molar-refractivity contribution is 0.209. The summed E-state index contributed by atoms with van der Waals surface area (Å²) >= 11 is 0. The van der Waals surface area contributed by atoms with Crippen LogP contribution in [-0.2, 0) is 13.6 Å². The summed E-state index contributed by atoms with van der Waals surface area (Å²) in [5, 5.41) is 0. The molecule has 1 fully saturated rings. The average Bonchev–Trinajstić information content (AvgIpc) is 2.46. The second-order valence-corrected chi connectivity index (χ2v) is 6.35. The van der Waals surface area contributed by atoms with Crippen LogP contribution in [0.15, 0.2) is 0 Å². The monoisotopic (exact) mass is 234 g/mol. The maximum absolute atomic E-state index is 12.5. The summed E-state index contributed by atoms with van der Waals surface area (Å²) in [6, 6.07) is 0. The van der Waals surface area contributed by atoms with Crippen LogP contribution in [0.1, 0.15) is 52.4 Å². The molecule has 0 spiro atoms. The van der Waals surface area contributed by atoms with Gasteiger partial charge in [0.1, 0.15) is 0 Å². The minimum absolute atomic E-state index is 0.139. The first-order valence-corrected chi connectivity index (χ1v) is 7.73. The van der Waals surface area contributed by atoms with Gasteiger partial charge in [-0.3, -0.25) is 4.57 Å². The van der Waals surface area contributed by atoms with E-state index in [0.29, 0.717) is 13.2 Å². The van der Waals surface area contributed by atoms with E-state index in [0.717, 1.165) is 25.7 Å². The second kappa shape index (κ2) is 6.67. The highest BCUT2D eigenvalue weighted by molar-refractivity contribution is 7.54. The molecule has 0 amide bonds. The maximum Gasteiger partial charge on any atom is 0.333 e. The van der Waals surface area contributed by atoms with E-state index in [4.69, 9.17) is 9.05 Å². The van der Waals surface area contributed by atoms with Crippen LogP contribution >= 0.6 is 7.60 Å². The van der Waals surface area contributed by atoms with Crippen LogP contribution in [0.4, 0.5) is 0 Å². The first-order chi connectivity index (χ1) is 7.23. The minimum Gasteiger partial charge on any atom is -0.309 e. The summed E-state index contributed by atoms with van der Waals surface area (Å²) in [5.41, 5.74) is 0.139. The third kappa shape index (κ3) is 3.90.